The smallest absolute Gasteiger partial charge is 0.344 e. The molecule has 0 spiro atoms. The number of hydrogen-bond acceptors (Lipinski definition) is 5. The first-order chi connectivity index (χ1) is 10.5. The van der Waals surface area contributed by atoms with Crippen LogP contribution < -0.4 is 4.74 Å². The van der Waals surface area contributed by atoms with Crippen LogP contribution in [0, 0.1) is 13.8 Å². The molecule has 2 rings (SSSR count). The highest BCUT2D eigenvalue weighted by Gasteiger charge is 2.15. The minimum atomic E-state index is -0.403. The van der Waals surface area contributed by atoms with E-state index in [0.717, 1.165) is 11.1 Å². The van der Waals surface area contributed by atoms with Gasteiger partial charge in [0.05, 0.1) is 11.5 Å². The van der Waals surface area contributed by atoms with Crippen LogP contribution in [-0.2, 0) is 9.53 Å². The van der Waals surface area contributed by atoms with Gasteiger partial charge in [-0.3, -0.25) is 4.79 Å². The maximum absolute atomic E-state index is 12.4. The molecule has 1 heterocycles. The second-order valence-electron chi connectivity index (χ2n) is 4.84. The normalized spacial score (nSPS) is 10.3. The quantitative estimate of drug-likeness (QED) is 0.604. The summed E-state index contributed by atoms with van der Waals surface area (Å²) < 4.78 is 10.4. The van der Waals surface area contributed by atoms with Crippen LogP contribution in [0.15, 0.2) is 29.6 Å². The molecule has 0 radical (unpaired) electrons. The Morgan fingerprint density at radius 3 is 2.41 bits per heavy atom. The van der Waals surface area contributed by atoms with Gasteiger partial charge in [0, 0.05) is 5.56 Å². The zero-order valence-corrected chi connectivity index (χ0v) is 13.7. The summed E-state index contributed by atoms with van der Waals surface area (Å²) in [7, 11) is 0. The fourth-order valence-corrected chi connectivity index (χ4v) is 2.88. The van der Waals surface area contributed by atoms with E-state index in [4.69, 9.17) is 9.47 Å². The van der Waals surface area contributed by atoms with Gasteiger partial charge in [0.2, 0.25) is 5.78 Å². The minimum absolute atomic E-state index is 0.00172. The van der Waals surface area contributed by atoms with Crippen LogP contribution in [0.4, 0.5) is 0 Å². The van der Waals surface area contributed by atoms with E-state index >= 15 is 0 Å². The number of thiophene rings is 1. The summed E-state index contributed by atoms with van der Waals surface area (Å²) in [5, 5.41) is 1.88. The van der Waals surface area contributed by atoms with Crippen molar-refractivity contribution in [2.24, 2.45) is 0 Å². The van der Waals surface area contributed by atoms with Crippen molar-refractivity contribution < 1.29 is 19.1 Å². The highest BCUT2D eigenvalue weighted by molar-refractivity contribution is 7.12. The van der Waals surface area contributed by atoms with Gasteiger partial charge in [0.1, 0.15) is 5.75 Å². The molecule has 1 aromatic heterocycles. The lowest BCUT2D eigenvalue weighted by molar-refractivity contribution is -0.145. The van der Waals surface area contributed by atoms with Gasteiger partial charge < -0.3 is 9.47 Å². The molecule has 0 fully saturated rings. The summed E-state index contributed by atoms with van der Waals surface area (Å²) in [5.74, 6) is 0.217. The minimum Gasteiger partial charge on any atom is -0.481 e. The van der Waals surface area contributed by atoms with Crippen molar-refractivity contribution in [1.29, 1.82) is 0 Å². The molecule has 0 aliphatic carbocycles. The molecule has 1 aromatic carbocycles. The van der Waals surface area contributed by atoms with E-state index in [9.17, 15) is 9.59 Å². The monoisotopic (exact) mass is 318 g/mol. The van der Waals surface area contributed by atoms with Crippen LogP contribution >= 0.6 is 11.3 Å². The molecule has 0 saturated heterocycles. The van der Waals surface area contributed by atoms with Crippen LogP contribution in [0.5, 0.6) is 5.75 Å². The van der Waals surface area contributed by atoms with E-state index in [2.05, 4.69) is 0 Å². The molecule has 0 N–H and O–H groups in total. The zero-order chi connectivity index (χ0) is 16.1. The van der Waals surface area contributed by atoms with E-state index in [1.165, 1.54) is 11.3 Å². The lowest BCUT2D eigenvalue weighted by atomic mass is 10.0. The molecule has 0 amide bonds. The van der Waals surface area contributed by atoms with Gasteiger partial charge in [-0.15, -0.1) is 11.3 Å². The Hall–Kier alpha value is -2.14. The van der Waals surface area contributed by atoms with Crippen LogP contribution in [0.3, 0.4) is 0 Å². The fraction of sp³-hybridized carbons (Fsp3) is 0.294. The standard InChI is InChI=1S/C17H18O4S/c1-4-20-15(18)10-21-17-11(2)8-13(9-12(17)3)16(19)14-6-5-7-22-14/h5-9H,4,10H2,1-3H3. The Morgan fingerprint density at radius 2 is 1.86 bits per heavy atom. The predicted molar refractivity (Wildman–Crippen MR) is 85.8 cm³/mol. The van der Waals surface area contributed by atoms with E-state index in [1.807, 2.05) is 31.4 Å². The van der Waals surface area contributed by atoms with Crippen LogP contribution in [0.1, 0.15) is 33.3 Å². The predicted octanol–water partition coefficient (Wildman–Crippen LogP) is 3.54. The Morgan fingerprint density at radius 1 is 1.18 bits per heavy atom. The van der Waals surface area contributed by atoms with Gasteiger partial charge in [-0.05, 0) is 55.5 Å². The lowest BCUT2D eigenvalue weighted by Gasteiger charge is -2.13. The number of ketones is 1. The van der Waals surface area contributed by atoms with Crippen molar-refractivity contribution in [1.82, 2.24) is 0 Å². The first-order valence-corrected chi connectivity index (χ1v) is 7.88. The van der Waals surface area contributed by atoms with Crippen LogP contribution in [0.2, 0.25) is 0 Å². The molecule has 0 unspecified atom stereocenters. The number of hydrogen-bond donors (Lipinski definition) is 0. The topological polar surface area (TPSA) is 52.6 Å². The van der Waals surface area contributed by atoms with Gasteiger partial charge >= 0.3 is 5.97 Å². The second-order valence-corrected chi connectivity index (χ2v) is 5.79. The van der Waals surface area contributed by atoms with E-state index in [0.29, 0.717) is 22.8 Å². The number of esters is 1. The molecule has 0 atom stereocenters. The maximum Gasteiger partial charge on any atom is 0.344 e. The maximum atomic E-state index is 12.4. The third kappa shape index (κ3) is 3.74. The van der Waals surface area contributed by atoms with Crippen LogP contribution in [0.25, 0.3) is 0 Å². The highest BCUT2D eigenvalue weighted by atomic mass is 32.1. The van der Waals surface area contributed by atoms with Crippen molar-refractivity contribution >= 4 is 23.1 Å². The zero-order valence-electron chi connectivity index (χ0n) is 12.8. The molecule has 0 aliphatic rings. The highest BCUT2D eigenvalue weighted by Crippen LogP contribution is 2.26. The van der Waals surface area contributed by atoms with Crippen molar-refractivity contribution in [3.8, 4) is 5.75 Å². The summed E-state index contributed by atoms with van der Waals surface area (Å²) >= 11 is 1.42. The SMILES string of the molecule is CCOC(=O)COc1c(C)cc(C(=O)c2cccs2)cc1C. The van der Waals surface area contributed by atoms with Crippen molar-refractivity contribution in [3.63, 3.8) is 0 Å². The number of carbonyl (C=O) groups is 2. The molecule has 0 saturated carbocycles. The van der Waals surface area contributed by atoms with Gasteiger partial charge in [0.15, 0.2) is 6.61 Å². The lowest BCUT2D eigenvalue weighted by Crippen LogP contribution is -2.15. The van der Waals surface area contributed by atoms with Crippen LogP contribution in [-0.4, -0.2) is 25.0 Å². The van der Waals surface area contributed by atoms with E-state index in [-0.39, 0.29) is 12.4 Å². The summed E-state index contributed by atoms with van der Waals surface area (Å²) in [6.07, 6.45) is 0. The van der Waals surface area contributed by atoms with Crippen molar-refractivity contribution in [2.75, 3.05) is 13.2 Å². The van der Waals surface area contributed by atoms with E-state index < -0.39 is 5.97 Å². The number of aryl methyl sites for hydroxylation is 2. The third-order valence-electron chi connectivity index (χ3n) is 3.11. The summed E-state index contributed by atoms with van der Waals surface area (Å²) in [4.78, 5) is 24.4. The molecular weight excluding hydrogens is 300 g/mol. The first kappa shape index (κ1) is 16.2. The van der Waals surface area contributed by atoms with Crippen molar-refractivity contribution in [3.05, 3.63) is 51.2 Å². The average Bonchev–Trinajstić information content (AvgIpc) is 2.99. The number of benzene rings is 1. The van der Waals surface area contributed by atoms with Crippen molar-refractivity contribution in [2.45, 2.75) is 20.8 Å². The molecule has 0 aliphatic heterocycles. The molecule has 0 bridgehead atoms. The number of rotatable bonds is 6. The number of carbonyl (C=O) groups excluding carboxylic acids is 2. The van der Waals surface area contributed by atoms with Gasteiger partial charge in [-0.25, -0.2) is 4.79 Å². The molecule has 2 aromatic rings. The fourth-order valence-electron chi connectivity index (χ4n) is 2.19. The summed E-state index contributed by atoms with van der Waals surface area (Å²) in [5.41, 5.74) is 2.27. The molecular formula is C17H18O4S. The van der Waals surface area contributed by atoms with E-state index in [1.54, 1.807) is 19.1 Å². The Kier molecular flexibility index (Phi) is 5.33. The number of ether oxygens (including phenoxy) is 2. The first-order valence-electron chi connectivity index (χ1n) is 7.00. The van der Waals surface area contributed by atoms with Gasteiger partial charge in [0.25, 0.3) is 0 Å². The Bertz CT molecular complexity index is 651. The average molecular weight is 318 g/mol. The molecule has 22 heavy (non-hydrogen) atoms. The molecule has 5 heteroatoms. The second kappa shape index (κ2) is 7.22. The van der Waals surface area contributed by atoms with Gasteiger partial charge in [-0.1, -0.05) is 6.07 Å². The van der Waals surface area contributed by atoms with Gasteiger partial charge in [-0.2, -0.15) is 0 Å². The molecule has 4 nitrogen and oxygen atoms in total. The largest absolute Gasteiger partial charge is 0.481 e. The molecule has 116 valence electrons. The summed E-state index contributed by atoms with van der Waals surface area (Å²) in [6.45, 7) is 5.67. The Labute approximate surface area is 133 Å². The third-order valence-corrected chi connectivity index (χ3v) is 3.98. The Balaban J connectivity index is 2.18. The summed E-state index contributed by atoms with van der Waals surface area (Å²) in [6, 6.07) is 7.24.